The summed E-state index contributed by atoms with van der Waals surface area (Å²) in [5.74, 6) is -2.20. The Morgan fingerprint density at radius 3 is 2.65 bits per heavy atom. The fourth-order valence-electron chi connectivity index (χ4n) is 2.77. The van der Waals surface area contributed by atoms with Crippen molar-refractivity contribution in [3.05, 3.63) is 15.8 Å². The third-order valence-electron chi connectivity index (χ3n) is 3.99. The molecule has 0 aromatic carbocycles. The van der Waals surface area contributed by atoms with E-state index in [0.717, 1.165) is 0 Å². The molecule has 0 bridgehead atoms. The van der Waals surface area contributed by atoms with Gasteiger partial charge in [0.1, 0.15) is 5.52 Å². The van der Waals surface area contributed by atoms with Gasteiger partial charge in [0.25, 0.3) is 0 Å². The van der Waals surface area contributed by atoms with Crippen LogP contribution in [-0.2, 0) is 23.6 Å². The Balaban J connectivity index is 2.10. The van der Waals surface area contributed by atoms with Gasteiger partial charge in [0.15, 0.2) is 17.7 Å². The zero-order valence-electron chi connectivity index (χ0n) is 13.7. The van der Waals surface area contributed by atoms with Crippen molar-refractivity contribution >= 4 is 34.6 Å². The second-order valence-corrected chi connectivity index (χ2v) is 5.98. The molecule has 9 nitrogen and oxygen atoms in total. The number of piperazine rings is 1. The Labute approximate surface area is 149 Å². The predicted molar refractivity (Wildman–Crippen MR) is 84.9 cm³/mol. The highest BCUT2D eigenvalue weighted by Gasteiger charge is 2.44. The molecule has 3 heterocycles. The van der Waals surface area contributed by atoms with Gasteiger partial charge in [-0.25, -0.2) is 9.59 Å². The molecular formula is C13H14ClF3N6O3. The van der Waals surface area contributed by atoms with Crippen LogP contribution in [0.5, 0.6) is 0 Å². The summed E-state index contributed by atoms with van der Waals surface area (Å²) in [7, 11) is 2.96. The number of ether oxygens (including phenoxy) is 1. The van der Waals surface area contributed by atoms with Crippen molar-refractivity contribution in [2.75, 3.05) is 24.5 Å². The second-order valence-electron chi connectivity index (χ2n) is 5.64. The molecular weight excluding hydrogens is 381 g/mol. The summed E-state index contributed by atoms with van der Waals surface area (Å²) in [6.45, 7) is 0.539. The Kier molecular flexibility index (Phi) is 4.56. The van der Waals surface area contributed by atoms with Crippen LogP contribution < -0.4 is 15.9 Å². The number of rotatable bonds is 2. The van der Waals surface area contributed by atoms with Gasteiger partial charge in [-0.2, -0.15) is 23.1 Å². The van der Waals surface area contributed by atoms with E-state index in [9.17, 15) is 22.8 Å². The van der Waals surface area contributed by atoms with E-state index in [0.29, 0.717) is 6.54 Å². The first kappa shape index (κ1) is 18.5. The topological polar surface area (TPSA) is 94.3 Å². The first-order chi connectivity index (χ1) is 12.1. The van der Waals surface area contributed by atoms with Gasteiger partial charge in [0, 0.05) is 27.2 Å². The van der Waals surface area contributed by atoms with Crippen molar-refractivity contribution in [1.82, 2.24) is 24.4 Å². The minimum atomic E-state index is -5.12. The van der Waals surface area contributed by atoms with Crippen molar-refractivity contribution < 1.29 is 22.7 Å². The summed E-state index contributed by atoms with van der Waals surface area (Å²) in [6, 6.07) is 0. The van der Waals surface area contributed by atoms with Gasteiger partial charge in [-0.15, -0.1) is 0 Å². The van der Waals surface area contributed by atoms with Crippen molar-refractivity contribution in [2.24, 2.45) is 14.1 Å². The maximum absolute atomic E-state index is 12.6. The number of carbonyl (C=O) groups is 1. The SMILES string of the molecule is Cn1c(=O)n(C)c2c(N3CCNCC3OC(=O)C(F)(F)F)nc(Cl)nc21. The Bertz CT molecular complexity index is 924. The third-order valence-corrected chi connectivity index (χ3v) is 4.16. The van der Waals surface area contributed by atoms with Gasteiger partial charge < -0.3 is 15.0 Å². The first-order valence-corrected chi connectivity index (χ1v) is 7.83. The predicted octanol–water partition coefficient (Wildman–Crippen LogP) is 0.162. The summed E-state index contributed by atoms with van der Waals surface area (Å²) < 4.78 is 44.8. The molecule has 13 heteroatoms. The van der Waals surface area contributed by atoms with Crippen LogP contribution in [0.1, 0.15) is 0 Å². The number of halogens is 4. The van der Waals surface area contributed by atoms with Gasteiger partial charge in [0.05, 0.1) is 6.54 Å². The Morgan fingerprint density at radius 2 is 2.00 bits per heavy atom. The van der Waals surface area contributed by atoms with Crippen LogP contribution in [0.2, 0.25) is 5.28 Å². The number of nitrogens with zero attached hydrogens (tertiary/aromatic N) is 5. The summed E-state index contributed by atoms with van der Waals surface area (Å²) in [4.78, 5) is 32.8. The van der Waals surface area contributed by atoms with E-state index in [2.05, 4.69) is 20.0 Å². The van der Waals surface area contributed by atoms with E-state index in [1.165, 1.54) is 28.1 Å². The number of hydrogen-bond acceptors (Lipinski definition) is 7. The number of alkyl halides is 3. The van der Waals surface area contributed by atoms with E-state index >= 15 is 0 Å². The first-order valence-electron chi connectivity index (χ1n) is 7.45. The molecule has 0 spiro atoms. The van der Waals surface area contributed by atoms with E-state index in [-0.39, 0.29) is 35.4 Å². The van der Waals surface area contributed by atoms with Crippen molar-refractivity contribution in [3.63, 3.8) is 0 Å². The molecule has 1 N–H and O–H groups in total. The minimum Gasteiger partial charge on any atom is -0.433 e. The van der Waals surface area contributed by atoms with Crippen LogP contribution in [0.25, 0.3) is 11.2 Å². The highest BCUT2D eigenvalue weighted by atomic mass is 35.5. The van der Waals surface area contributed by atoms with Gasteiger partial charge in [-0.1, -0.05) is 0 Å². The number of anilines is 1. The van der Waals surface area contributed by atoms with Crippen molar-refractivity contribution in [1.29, 1.82) is 0 Å². The van der Waals surface area contributed by atoms with E-state index < -0.39 is 24.1 Å². The molecule has 1 saturated heterocycles. The van der Waals surface area contributed by atoms with Gasteiger partial charge >= 0.3 is 17.8 Å². The highest BCUT2D eigenvalue weighted by molar-refractivity contribution is 6.28. The van der Waals surface area contributed by atoms with Crippen molar-refractivity contribution in [3.8, 4) is 0 Å². The molecule has 0 aliphatic carbocycles. The molecule has 1 aliphatic heterocycles. The molecule has 1 unspecified atom stereocenters. The van der Waals surface area contributed by atoms with Crippen LogP contribution in [0, 0.1) is 0 Å². The van der Waals surface area contributed by atoms with Crippen LogP contribution in [0.4, 0.5) is 19.0 Å². The molecule has 1 atom stereocenters. The summed E-state index contributed by atoms with van der Waals surface area (Å²) in [5, 5.41) is 2.66. The molecule has 26 heavy (non-hydrogen) atoms. The molecule has 1 aliphatic rings. The normalized spacial score (nSPS) is 18.4. The Morgan fingerprint density at radius 1 is 1.31 bits per heavy atom. The second kappa shape index (κ2) is 6.43. The molecule has 0 saturated carbocycles. The van der Waals surface area contributed by atoms with Crippen molar-refractivity contribution in [2.45, 2.75) is 12.4 Å². The number of esters is 1. The quantitative estimate of drug-likeness (QED) is 0.573. The zero-order chi connectivity index (χ0) is 19.2. The molecule has 2 aromatic rings. The van der Waals surface area contributed by atoms with Crippen LogP contribution in [0.3, 0.4) is 0 Å². The van der Waals surface area contributed by atoms with Gasteiger partial charge in [-0.3, -0.25) is 9.13 Å². The average molecular weight is 395 g/mol. The Hall–Kier alpha value is -2.34. The summed E-state index contributed by atoms with van der Waals surface area (Å²) >= 11 is 5.93. The number of fused-ring (bicyclic) bond motifs is 1. The van der Waals surface area contributed by atoms with Crippen LogP contribution in [-0.4, -0.2) is 57.1 Å². The van der Waals surface area contributed by atoms with E-state index in [1.807, 2.05) is 0 Å². The fourth-order valence-corrected chi connectivity index (χ4v) is 2.93. The average Bonchev–Trinajstić information content (AvgIpc) is 2.78. The lowest BCUT2D eigenvalue weighted by atomic mass is 10.3. The number of carbonyl (C=O) groups excluding carboxylic acids is 1. The number of aromatic nitrogens is 4. The lowest BCUT2D eigenvalue weighted by Crippen LogP contribution is -2.54. The van der Waals surface area contributed by atoms with E-state index in [4.69, 9.17) is 11.6 Å². The number of aryl methyl sites for hydroxylation is 2. The molecule has 142 valence electrons. The standard InChI is InChI=1S/C13H14ClF3N6O3/c1-21-7-8(22(2)12(21)25)19-11(14)20-9(7)23-4-3-18-5-6(23)26-10(24)13(15,16)17/h6,18H,3-5H2,1-2H3. The summed E-state index contributed by atoms with van der Waals surface area (Å²) in [5.41, 5.74) is 0.0839. The third kappa shape index (κ3) is 3.09. The number of hydrogen-bond donors (Lipinski definition) is 1. The van der Waals surface area contributed by atoms with E-state index in [1.54, 1.807) is 0 Å². The molecule has 3 rings (SSSR count). The zero-order valence-corrected chi connectivity index (χ0v) is 14.4. The van der Waals surface area contributed by atoms with Gasteiger partial charge in [0.2, 0.25) is 5.28 Å². The lowest BCUT2D eigenvalue weighted by Gasteiger charge is -2.36. The highest BCUT2D eigenvalue weighted by Crippen LogP contribution is 2.28. The number of nitrogens with one attached hydrogen (secondary N) is 1. The maximum Gasteiger partial charge on any atom is 0.491 e. The largest absolute Gasteiger partial charge is 0.491 e. The van der Waals surface area contributed by atoms with Crippen LogP contribution in [0.15, 0.2) is 4.79 Å². The fraction of sp³-hybridized carbons (Fsp3) is 0.538. The number of imidazole rings is 1. The molecule has 2 aromatic heterocycles. The van der Waals surface area contributed by atoms with Gasteiger partial charge in [-0.05, 0) is 11.6 Å². The molecule has 0 radical (unpaired) electrons. The minimum absolute atomic E-state index is 0.0499. The van der Waals surface area contributed by atoms with Crippen LogP contribution >= 0.6 is 11.6 Å². The monoisotopic (exact) mass is 394 g/mol. The molecule has 0 amide bonds. The smallest absolute Gasteiger partial charge is 0.433 e. The maximum atomic E-state index is 12.6. The lowest BCUT2D eigenvalue weighted by molar-refractivity contribution is -0.205. The molecule has 1 fully saturated rings. The summed E-state index contributed by atoms with van der Waals surface area (Å²) in [6.07, 6.45) is -6.40.